The van der Waals surface area contributed by atoms with Crippen LogP contribution in [0, 0.1) is 0 Å². The number of rotatable bonds is 5. The van der Waals surface area contributed by atoms with Gasteiger partial charge in [-0.1, -0.05) is 12.1 Å². The van der Waals surface area contributed by atoms with Crippen LogP contribution in [-0.4, -0.2) is 67.7 Å². The molecule has 1 aromatic carbocycles. The third-order valence-corrected chi connectivity index (χ3v) is 4.59. The highest BCUT2D eigenvalue weighted by Gasteiger charge is 2.28. The number of hydrogen-bond acceptors (Lipinski definition) is 4. The summed E-state index contributed by atoms with van der Waals surface area (Å²) in [5.74, 6) is 1.05. The van der Waals surface area contributed by atoms with E-state index >= 15 is 0 Å². The molecule has 1 saturated heterocycles. The van der Waals surface area contributed by atoms with Crippen molar-refractivity contribution in [1.29, 1.82) is 0 Å². The van der Waals surface area contributed by atoms with Crippen molar-refractivity contribution < 1.29 is 27.1 Å². The molecule has 0 saturated carbocycles. The van der Waals surface area contributed by atoms with Crippen molar-refractivity contribution in [1.82, 2.24) is 15.1 Å². The zero-order valence-electron chi connectivity index (χ0n) is 16.9. The Hall–Kier alpha value is -2.44. The lowest BCUT2D eigenvalue weighted by molar-refractivity contribution is -0.153. The van der Waals surface area contributed by atoms with E-state index in [1.165, 1.54) is 18.4 Å². The number of carbonyl (C=O) groups excluding carboxylic acids is 1. The summed E-state index contributed by atoms with van der Waals surface area (Å²) < 4.78 is 46.5. The van der Waals surface area contributed by atoms with Crippen LogP contribution in [0.3, 0.4) is 0 Å². The Kier molecular flexibility index (Phi) is 9.01. The van der Waals surface area contributed by atoms with E-state index in [1.54, 1.807) is 36.2 Å². The minimum absolute atomic E-state index is 0. The van der Waals surface area contributed by atoms with Crippen LogP contribution in [0.1, 0.15) is 16.1 Å². The fraction of sp³-hybridized carbons (Fsp3) is 0.400. The van der Waals surface area contributed by atoms with Crippen molar-refractivity contribution in [2.45, 2.75) is 12.7 Å². The van der Waals surface area contributed by atoms with Gasteiger partial charge in [-0.25, -0.2) is 0 Å². The largest absolute Gasteiger partial charge is 0.484 e. The molecule has 2 heterocycles. The normalized spacial score (nSPS) is 14.8. The monoisotopic (exact) mass is 552 g/mol. The Morgan fingerprint density at radius 3 is 2.32 bits per heavy atom. The van der Waals surface area contributed by atoms with Crippen molar-refractivity contribution >= 4 is 35.8 Å². The zero-order valence-corrected chi connectivity index (χ0v) is 19.2. The van der Waals surface area contributed by atoms with E-state index in [-0.39, 0.29) is 35.6 Å². The van der Waals surface area contributed by atoms with Crippen molar-refractivity contribution in [3.05, 3.63) is 54.0 Å². The standard InChI is InChI=1S/C20H23F3N4O3.HI/c1-24-19(25-13-15-4-6-16(7-5-15)30-14-20(21,22)23)27-10-8-26(9-11-27)18(28)17-3-2-12-29-17;/h2-7,12H,8-11,13-14H2,1H3,(H,24,25);1H. The SMILES string of the molecule is CN=C(NCc1ccc(OCC(F)(F)F)cc1)N1CCN(C(=O)c2ccco2)CC1.I. The number of halogens is 4. The first kappa shape index (κ1) is 24.8. The van der Waals surface area contributed by atoms with Crippen molar-refractivity contribution in [3.8, 4) is 5.75 Å². The number of furan rings is 1. The molecule has 31 heavy (non-hydrogen) atoms. The molecule has 7 nitrogen and oxygen atoms in total. The number of ether oxygens (including phenoxy) is 1. The second-order valence-corrected chi connectivity index (χ2v) is 6.71. The van der Waals surface area contributed by atoms with Gasteiger partial charge in [-0.2, -0.15) is 13.2 Å². The first-order chi connectivity index (χ1) is 14.4. The van der Waals surface area contributed by atoms with E-state index in [4.69, 9.17) is 9.15 Å². The van der Waals surface area contributed by atoms with Crippen LogP contribution < -0.4 is 10.1 Å². The van der Waals surface area contributed by atoms with Gasteiger partial charge in [0.15, 0.2) is 18.3 Å². The molecule has 1 aliphatic rings. The van der Waals surface area contributed by atoms with Gasteiger partial charge in [0.25, 0.3) is 5.91 Å². The Morgan fingerprint density at radius 1 is 1.13 bits per heavy atom. The predicted octanol–water partition coefficient (Wildman–Crippen LogP) is 3.37. The number of piperazine rings is 1. The fourth-order valence-electron chi connectivity index (χ4n) is 3.06. The lowest BCUT2D eigenvalue weighted by Crippen LogP contribution is -2.53. The van der Waals surface area contributed by atoms with Crippen LogP contribution >= 0.6 is 24.0 Å². The molecular weight excluding hydrogens is 528 g/mol. The zero-order chi connectivity index (χ0) is 21.6. The third kappa shape index (κ3) is 7.33. The molecular formula is C20H24F3IN4O3. The van der Waals surface area contributed by atoms with Crippen LogP contribution in [0.2, 0.25) is 0 Å². The maximum atomic E-state index is 12.3. The van der Waals surface area contributed by atoms with Gasteiger partial charge in [-0.3, -0.25) is 9.79 Å². The van der Waals surface area contributed by atoms with Gasteiger partial charge in [0.2, 0.25) is 0 Å². The number of carbonyl (C=O) groups is 1. The Bertz CT molecular complexity index is 850. The van der Waals surface area contributed by atoms with Gasteiger partial charge in [0.05, 0.1) is 6.26 Å². The number of aliphatic imine (C=N–C) groups is 1. The maximum Gasteiger partial charge on any atom is 0.422 e. The number of hydrogen-bond donors (Lipinski definition) is 1. The molecule has 0 unspecified atom stereocenters. The second kappa shape index (κ2) is 11.3. The summed E-state index contributed by atoms with van der Waals surface area (Å²) in [6, 6.07) is 9.74. The molecule has 3 rings (SSSR count). The molecule has 1 N–H and O–H groups in total. The molecule has 0 bridgehead atoms. The van der Waals surface area contributed by atoms with E-state index < -0.39 is 12.8 Å². The van der Waals surface area contributed by atoms with Gasteiger partial charge >= 0.3 is 6.18 Å². The molecule has 0 atom stereocenters. The molecule has 0 aliphatic carbocycles. The fourth-order valence-corrected chi connectivity index (χ4v) is 3.06. The van der Waals surface area contributed by atoms with Gasteiger partial charge in [-0.05, 0) is 29.8 Å². The van der Waals surface area contributed by atoms with E-state index in [2.05, 4.69) is 10.3 Å². The van der Waals surface area contributed by atoms with Crippen LogP contribution in [0.25, 0.3) is 0 Å². The summed E-state index contributed by atoms with van der Waals surface area (Å²) in [6.45, 7) is 1.48. The van der Waals surface area contributed by atoms with Gasteiger partial charge in [0.1, 0.15) is 5.75 Å². The molecule has 2 aromatic rings. The lowest BCUT2D eigenvalue weighted by atomic mass is 10.2. The quantitative estimate of drug-likeness (QED) is 0.350. The highest BCUT2D eigenvalue weighted by Crippen LogP contribution is 2.19. The maximum absolute atomic E-state index is 12.3. The first-order valence-electron chi connectivity index (χ1n) is 9.42. The highest BCUT2D eigenvalue weighted by atomic mass is 127. The van der Waals surface area contributed by atoms with E-state index in [0.29, 0.717) is 44.4 Å². The topological polar surface area (TPSA) is 70.3 Å². The van der Waals surface area contributed by atoms with Crippen LogP contribution in [0.5, 0.6) is 5.75 Å². The lowest BCUT2D eigenvalue weighted by Gasteiger charge is -2.36. The molecule has 0 radical (unpaired) electrons. The number of alkyl halides is 3. The van der Waals surface area contributed by atoms with Gasteiger partial charge in [0, 0.05) is 39.8 Å². The van der Waals surface area contributed by atoms with Crippen LogP contribution in [0.15, 0.2) is 52.1 Å². The molecule has 1 fully saturated rings. The second-order valence-electron chi connectivity index (χ2n) is 6.71. The first-order valence-corrected chi connectivity index (χ1v) is 9.42. The molecule has 170 valence electrons. The minimum atomic E-state index is -4.36. The Balaban J connectivity index is 0.00000341. The van der Waals surface area contributed by atoms with Crippen molar-refractivity contribution in [2.24, 2.45) is 4.99 Å². The van der Waals surface area contributed by atoms with E-state index in [1.807, 2.05) is 4.90 Å². The van der Waals surface area contributed by atoms with Gasteiger partial charge < -0.3 is 24.3 Å². The van der Waals surface area contributed by atoms with Gasteiger partial charge in [-0.15, -0.1) is 24.0 Å². The minimum Gasteiger partial charge on any atom is -0.484 e. The summed E-state index contributed by atoms with van der Waals surface area (Å²) >= 11 is 0. The molecule has 1 aliphatic heterocycles. The summed E-state index contributed by atoms with van der Waals surface area (Å²) in [6.07, 6.45) is -2.89. The van der Waals surface area contributed by atoms with E-state index in [9.17, 15) is 18.0 Å². The molecule has 0 spiro atoms. The molecule has 11 heteroatoms. The van der Waals surface area contributed by atoms with Crippen LogP contribution in [-0.2, 0) is 6.54 Å². The summed E-state index contributed by atoms with van der Waals surface area (Å²) in [5.41, 5.74) is 0.877. The van der Waals surface area contributed by atoms with Crippen LogP contribution in [0.4, 0.5) is 13.2 Å². The average Bonchev–Trinajstić information content (AvgIpc) is 3.28. The summed E-state index contributed by atoms with van der Waals surface area (Å²) in [5, 5.41) is 3.24. The Labute approximate surface area is 195 Å². The van der Waals surface area contributed by atoms with Crippen molar-refractivity contribution in [3.63, 3.8) is 0 Å². The summed E-state index contributed by atoms with van der Waals surface area (Å²) in [4.78, 5) is 20.4. The number of guanidine groups is 1. The number of nitrogens with one attached hydrogen (secondary N) is 1. The predicted molar refractivity (Wildman–Crippen MR) is 120 cm³/mol. The van der Waals surface area contributed by atoms with E-state index in [0.717, 1.165) is 5.56 Å². The third-order valence-electron chi connectivity index (χ3n) is 4.59. The number of nitrogens with zero attached hydrogens (tertiary/aromatic N) is 3. The smallest absolute Gasteiger partial charge is 0.422 e. The number of benzene rings is 1. The molecule has 1 aromatic heterocycles. The van der Waals surface area contributed by atoms with Crippen molar-refractivity contribution in [2.75, 3.05) is 39.8 Å². The Morgan fingerprint density at radius 2 is 1.77 bits per heavy atom. The molecule has 1 amide bonds. The number of amides is 1. The summed E-state index contributed by atoms with van der Waals surface area (Å²) in [7, 11) is 1.68. The average molecular weight is 552 g/mol. The highest BCUT2D eigenvalue weighted by molar-refractivity contribution is 14.0.